The number of alkyl halides is 1. The summed E-state index contributed by atoms with van der Waals surface area (Å²) in [5, 5.41) is 2.35. The van der Waals surface area contributed by atoms with Crippen LogP contribution < -0.4 is 0 Å². The fourth-order valence-electron chi connectivity index (χ4n) is 2.28. The molecule has 0 saturated heterocycles. The third-order valence-electron chi connectivity index (χ3n) is 3.26. The molecule has 3 aromatic carbocycles. The Morgan fingerprint density at radius 2 is 1.47 bits per heavy atom. The molecule has 94 valence electrons. The maximum absolute atomic E-state index is 6.66. The van der Waals surface area contributed by atoms with Crippen molar-refractivity contribution in [1.82, 2.24) is 0 Å². The van der Waals surface area contributed by atoms with Crippen molar-refractivity contribution in [3.8, 4) is 0 Å². The molecule has 0 bridgehead atoms. The molecule has 0 heterocycles. The van der Waals surface area contributed by atoms with Crippen LogP contribution >= 0.6 is 34.2 Å². The Kier molecular flexibility index (Phi) is 3.76. The summed E-state index contributed by atoms with van der Waals surface area (Å²) in [4.78, 5) is 0. The summed E-state index contributed by atoms with van der Waals surface area (Å²) in [6.07, 6.45) is 0. The fourth-order valence-corrected chi connectivity index (χ4v) is 2.98. The Hall–Kier alpha value is -1.06. The third-order valence-corrected chi connectivity index (χ3v) is 4.47. The average molecular weight is 379 g/mol. The van der Waals surface area contributed by atoms with Crippen LogP contribution in [0.2, 0.25) is 0 Å². The summed E-state index contributed by atoms with van der Waals surface area (Å²) in [5.41, 5.74) is 2.31. The van der Waals surface area contributed by atoms with Gasteiger partial charge in [-0.05, 0) is 56.6 Å². The zero-order chi connectivity index (χ0) is 13.2. The van der Waals surface area contributed by atoms with Crippen LogP contribution in [0.25, 0.3) is 10.8 Å². The minimum atomic E-state index is -0.108. The summed E-state index contributed by atoms with van der Waals surface area (Å²) < 4.78 is 1.23. The monoisotopic (exact) mass is 378 g/mol. The second kappa shape index (κ2) is 5.51. The van der Waals surface area contributed by atoms with E-state index in [1.807, 2.05) is 0 Å². The summed E-state index contributed by atoms with van der Waals surface area (Å²) >= 11 is 8.97. The van der Waals surface area contributed by atoms with Crippen molar-refractivity contribution in [3.05, 3.63) is 81.4 Å². The SMILES string of the molecule is ClC(c1ccc(I)cc1)c1cccc2ccccc12. The summed E-state index contributed by atoms with van der Waals surface area (Å²) in [7, 11) is 0. The molecule has 0 radical (unpaired) electrons. The maximum Gasteiger partial charge on any atom is 0.0841 e. The first-order chi connectivity index (χ1) is 9.25. The number of fused-ring (bicyclic) bond motifs is 1. The van der Waals surface area contributed by atoms with Gasteiger partial charge in [0.15, 0.2) is 0 Å². The Balaban J connectivity index is 2.11. The first kappa shape index (κ1) is 12.9. The van der Waals surface area contributed by atoms with Crippen molar-refractivity contribution in [2.24, 2.45) is 0 Å². The lowest BCUT2D eigenvalue weighted by Crippen LogP contribution is -1.94. The minimum Gasteiger partial charge on any atom is -0.113 e. The second-order valence-electron chi connectivity index (χ2n) is 4.48. The van der Waals surface area contributed by atoms with Crippen LogP contribution in [0.5, 0.6) is 0 Å². The van der Waals surface area contributed by atoms with Crippen LogP contribution in [0.15, 0.2) is 66.7 Å². The van der Waals surface area contributed by atoms with Crippen molar-refractivity contribution >= 4 is 45.0 Å². The van der Waals surface area contributed by atoms with E-state index in [0.717, 1.165) is 5.56 Å². The van der Waals surface area contributed by atoms with E-state index in [1.165, 1.54) is 19.9 Å². The Morgan fingerprint density at radius 1 is 0.789 bits per heavy atom. The van der Waals surface area contributed by atoms with Gasteiger partial charge >= 0.3 is 0 Å². The third kappa shape index (κ3) is 2.63. The molecule has 0 amide bonds. The van der Waals surface area contributed by atoms with E-state index in [1.54, 1.807) is 0 Å². The highest BCUT2D eigenvalue weighted by atomic mass is 127. The van der Waals surface area contributed by atoms with Crippen LogP contribution in [-0.4, -0.2) is 0 Å². The predicted octanol–water partition coefficient (Wildman–Crippen LogP) is 5.77. The van der Waals surface area contributed by atoms with Gasteiger partial charge in [0.25, 0.3) is 0 Å². The van der Waals surface area contributed by atoms with Gasteiger partial charge in [-0.1, -0.05) is 54.6 Å². The Labute approximate surface area is 131 Å². The zero-order valence-electron chi connectivity index (χ0n) is 10.2. The Morgan fingerprint density at radius 3 is 2.26 bits per heavy atom. The topological polar surface area (TPSA) is 0 Å². The normalized spacial score (nSPS) is 12.5. The van der Waals surface area contributed by atoms with E-state index in [9.17, 15) is 0 Å². The largest absolute Gasteiger partial charge is 0.113 e. The van der Waals surface area contributed by atoms with E-state index in [4.69, 9.17) is 11.6 Å². The number of benzene rings is 3. The molecule has 0 fully saturated rings. The highest BCUT2D eigenvalue weighted by Gasteiger charge is 2.13. The summed E-state index contributed by atoms with van der Waals surface area (Å²) in [6.45, 7) is 0. The first-order valence-corrected chi connectivity index (χ1v) is 7.64. The van der Waals surface area contributed by atoms with Gasteiger partial charge in [0, 0.05) is 3.57 Å². The van der Waals surface area contributed by atoms with E-state index >= 15 is 0 Å². The summed E-state index contributed by atoms with van der Waals surface area (Å²) in [5.74, 6) is 0. The van der Waals surface area contributed by atoms with Crippen molar-refractivity contribution in [2.75, 3.05) is 0 Å². The van der Waals surface area contributed by atoms with Gasteiger partial charge in [-0.25, -0.2) is 0 Å². The molecular weight excluding hydrogens is 367 g/mol. The van der Waals surface area contributed by atoms with E-state index < -0.39 is 0 Å². The molecule has 0 N–H and O–H groups in total. The molecule has 19 heavy (non-hydrogen) atoms. The molecule has 3 rings (SSSR count). The lowest BCUT2D eigenvalue weighted by Gasteiger charge is -2.13. The molecule has 0 aliphatic heterocycles. The quantitative estimate of drug-likeness (QED) is 0.392. The van der Waals surface area contributed by atoms with Crippen LogP contribution in [-0.2, 0) is 0 Å². The number of rotatable bonds is 2. The van der Waals surface area contributed by atoms with E-state index in [-0.39, 0.29) is 5.38 Å². The maximum atomic E-state index is 6.66. The molecule has 0 nitrogen and oxygen atoms in total. The molecule has 0 saturated carbocycles. The van der Waals surface area contributed by atoms with Gasteiger partial charge in [-0.2, -0.15) is 0 Å². The molecule has 1 unspecified atom stereocenters. The molecule has 1 atom stereocenters. The lowest BCUT2D eigenvalue weighted by molar-refractivity contribution is 1.16. The first-order valence-electron chi connectivity index (χ1n) is 6.13. The zero-order valence-corrected chi connectivity index (χ0v) is 13.1. The molecule has 0 aromatic heterocycles. The molecule has 0 aliphatic rings. The number of halogens is 2. The smallest absolute Gasteiger partial charge is 0.0841 e. The van der Waals surface area contributed by atoms with Crippen molar-refractivity contribution in [2.45, 2.75) is 5.38 Å². The van der Waals surface area contributed by atoms with Crippen molar-refractivity contribution in [3.63, 3.8) is 0 Å². The lowest BCUT2D eigenvalue weighted by atomic mass is 9.98. The van der Waals surface area contributed by atoms with Crippen LogP contribution in [0.3, 0.4) is 0 Å². The number of hydrogen-bond acceptors (Lipinski definition) is 0. The van der Waals surface area contributed by atoms with Crippen LogP contribution in [0, 0.1) is 3.57 Å². The van der Waals surface area contributed by atoms with Crippen LogP contribution in [0.1, 0.15) is 16.5 Å². The molecule has 2 heteroatoms. The molecule has 3 aromatic rings. The highest BCUT2D eigenvalue weighted by Crippen LogP contribution is 2.33. The molecular formula is C17H12ClI. The van der Waals surface area contributed by atoms with Crippen molar-refractivity contribution < 1.29 is 0 Å². The summed E-state index contributed by atoms with van der Waals surface area (Å²) in [6, 6.07) is 23.1. The predicted molar refractivity (Wildman–Crippen MR) is 90.8 cm³/mol. The number of hydrogen-bond donors (Lipinski definition) is 0. The minimum absolute atomic E-state index is 0.108. The van der Waals surface area contributed by atoms with Gasteiger partial charge in [-0.15, -0.1) is 11.6 Å². The van der Waals surface area contributed by atoms with Crippen molar-refractivity contribution in [1.29, 1.82) is 0 Å². The molecule has 0 aliphatic carbocycles. The van der Waals surface area contributed by atoms with Gasteiger partial charge < -0.3 is 0 Å². The highest BCUT2D eigenvalue weighted by molar-refractivity contribution is 14.1. The van der Waals surface area contributed by atoms with Gasteiger partial charge in [-0.3, -0.25) is 0 Å². The second-order valence-corrected chi connectivity index (χ2v) is 6.16. The van der Waals surface area contributed by atoms with Crippen LogP contribution in [0.4, 0.5) is 0 Å². The molecule has 0 spiro atoms. The van der Waals surface area contributed by atoms with Gasteiger partial charge in [0.05, 0.1) is 5.38 Å². The van der Waals surface area contributed by atoms with Gasteiger partial charge in [0.2, 0.25) is 0 Å². The fraction of sp³-hybridized carbons (Fsp3) is 0.0588. The Bertz CT molecular complexity index is 699. The van der Waals surface area contributed by atoms with E-state index in [2.05, 4.69) is 89.3 Å². The van der Waals surface area contributed by atoms with E-state index in [0.29, 0.717) is 0 Å². The average Bonchev–Trinajstić information content (AvgIpc) is 2.47. The van der Waals surface area contributed by atoms with Gasteiger partial charge in [0.1, 0.15) is 0 Å². The standard InChI is InChI=1S/C17H12ClI/c18-17(13-8-10-14(19)11-9-13)16-7-3-5-12-4-1-2-6-15(12)16/h1-11,17H.